The molecule has 0 radical (unpaired) electrons. The summed E-state index contributed by atoms with van der Waals surface area (Å²) in [6.45, 7) is 1.47. The first-order valence-electron chi connectivity index (χ1n) is 5.68. The molecule has 0 aliphatic rings. The van der Waals surface area contributed by atoms with E-state index in [2.05, 4.69) is 0 Å². The number of carbonyl (C=O) groups is 1. The smallest absolute Gasteiger partial charge is 0.303 e. The lowest BCUT2D eigenvalue weighted by Gasteiger charge is -2.24. The number of hydrogen-bond acceptors (Lipinski definition) is 3. The van der Waals surface area contributed by atoms with Crippen LogP contribution in [0.2, 0.25) is 0 Å². The molecule has 0 fully saturated rings. The molecule has 1 aromatic carbocycles. The van der Waals surface area contributed by atoms with Gasteiger partial charge in [-0.15, -0.1) is 0 Å². The molecule has 106 valence electrons. The summed E-state index contributed by atoms with van der Waals surface area (Å²) >= 11 is 0. The Bertz CT molecular complexity index is 552. The van der Waals surface area contributed by atoms with E-state index in [0.29, 0.717) is 11.4 Å². The van der Waals surface area contributed by atoms with Crippen molar-refractivity contribution < 1.29 is 13.2 Å². The Morgan fingerprint density at radius 1 is 0.947 bits per heavy atom. The van der Waals surface area contributed by atoms with Crippen LogP contribution < -0.4 is 9.21 Å². The Morgan fingerprint density at radius 2 is 1.37 bits per heavy atom. The molecule has 0 spiro atoms. The number of nitrogens with zero attached hydrogens (tertiary/aromatic N) is 3. The number of carbonyl (C=O) groups excluding carboxylic acids is 1. The first-order chi connectivity index (χ1) is 8.67. The van der Waals surface area contributed by atoms with Crippen molar-refractivity contribution in [1.82, 2.24) is 4.31 Å². The molecule has 1 aromatic rings. The third-order valence-electron chi connectivity index (χ3n) is 2.88. The van der Waals surface area contributed by atoms with Gasteiger partial charge in [-0.1, -0.05) is 0 Å². The summed E-state index contributed by atoms with van der Waals surface area (Å²) in [7, 11) is 2.61. The van der Waals surface area contributed by atoms with Crippen LogP contribution in [0.1, 0.15) is 6.92 Å². The second-order valence-corrected chi connectivity index (χ2v) is 6.53. The molecule has 7 heteroatoms. The van der Waals surface area contributed by atoms with E-state index < -0.39 is 10.2 Å². The van der Waals surface area contributed by atoms with Gasteiger partial charge in [-0.3, -0.25) is 9.10 Å². The summed E-state index contributed by atoms with van der Waals surface area (Å²) in [4.78, 5) is 12.7. The minimum Gasteiger partial charge on any atom is -0.316 e. The highest BCUT2D eigenvalue weighted by Gasteiger charge is 2.20. The standard InChI is InChI=1S/C12H19N3O3S/c1-10(16)14(4)11-6-8-12(9-7-11)15(5)19(17,18)13(2)3/h6-9H,1-5H3. The van der Waals surface area contributed by atoms with Gasteiger partial charge in [0.25, 0.3) is 0 Å². The quantitative estimate of drug-likeness (QED) is 0.826. The molecular formula is C12H19N3O3S. The first-order valence-corrected chi connectivity index (χ1v) is 7.08. The van der Waals surface area contributed by atoms with E-state index in [9.17, 15) is 13.2 Å². The summed E-state index contributed by atoms with van der Waals surface area (Å²) in [6, 6.07) is 6.74. The fourth-order valence-electron chi connectivity index (χ4n) is 1.45. The van der Waals surface area contributed by atoms with E-state index in [1.807, 2.05) is 0 Å². The molecule has 6 nitrogen and oxygen atoms in total. The van der Waals surface area contributed by atoms with Gasteiger partial charge in [0.05, 0.1) is 5.69 Å². The van der Waals surface area contributed by atoms with Crippen LogP contribution in [0.25, 0.3) is 0 Å². The monoisotopic (exact) mass is 285 g/mol. The van der Waals surface area contributed by atoms with E-state index in [1.165, 1.54) is 37.3 Å². The summed E-state index contributed by atoms with van der Waals surface area (Å²) in [6.07, 6.45) is 0. The van der Waals surface area contributed by atoms with Crippen molar-refractivity contribution in [3.05, 3.63) is 24.3 Å². The van der Waals surface area contributed by atoms with Gasteiger partial charge in [-0.25, -0.2) is 0 Å². The van der Waals surface area contributed by atoms with Crippen LogP contribution in [-0.4, -0.2) is 46.8 Å². The Morgan fingerprint density at radius 3 is 1.74 bits per heavy atom. The predicted molar refractivity (Wildman–Crippen MR) is 76.5 cm³/mol. The molecule has 19 heavy (non-hydrogen) atoms. The van der Waals surface area contributed by atoms with E-state index in [1.54, 1.807) is 31.3 Å². The van der Waals surface area contributed by atoms with Crippen LogP contribution in [0, 0.1) is 0 Å². The fourth-order valence-corrected chi connectivity index (χ4v) is 2.32. The summed E-state index contributed by atoms with van der Waals surface area (Å²) < 4.78 is 26.2. The highest BCUT2D eigenvalue weighted by molar-refractivity contribution is 7.90. The van der Waals surface area contributed by atoms with E-state index >= 15 is 0 Å². The van der Waals surface area contributed by atoms with Gasteiger partial charge in [-0.2, -0.15) is 12.7 Å². The van der Waals surface area contributed by atoms with Crippen molar-refractivity contribution in [3.8, 4) is 0 Å². The molecule has 0 aliphatic heterocycles. The molecule has 0 saturated heterocycles. The van der Waals surface area contributed by atoms with Crippen molar-refractivity contribution in [3.63, 3.8) is 0 Å². The number of amides is 1. The highest BCUT2D eigenvalue weighted by atomic mass is 32.2. The highest BCUT2D eigenvalue weighted by Crippen LogP contribution is 2.21. The minimum absolute atomic E-state index is 0.0815. The van der Waals surface area contributed by atoms with Crippen molar-refractivity contribution in [1.29, 1.82) is 0 Å². The molecule has 0 N–H and O–H groups in total. The second kappa shape index (κ2) is 5.58. The Labute approximate surface area is 114 Å². The molecule has 0 heterocycles. The third-order valence-corrected chi connectivity index (χ3v) is 4.71. The molecule has 0 unspecified atom stereocenters. The number of benzene rings is 1. The zero-order chi connectivity index (χ0) is 14.8. The predicted octanol–water partition coefficient (Wildman–Crippen LogP) is 0.912. The Kier molecular flexibility index (Phi) is 4.54. The fraction of sp³-hybridized carbons (Fsp3) is 0.417. The molecule has 0 aliphatic carbocycles. The van der Waals surface area contributed by atoms with Gasteiger partial charge >= 0.3 is 10.2 Å². The minimum atomic E-state index is -3.49. The van der Waals surface area contributed by atoms with Crippen molar-refractivity contribution in [2.45, 2.75) is 6.92 Å². The molecular weight excluding hydrogens is 266 g/mol. The van der Waals surface area contributed by atoms with Crippen LogP contribution in [0.5, 0.6) is 0 Å². The zero-order valence-electron chi connectivity index (χ0n) is 11.8. The van der Waals surface area contributed by atoms with Gasteiger partial charge < -0.3 is 4.90 Å². The van der Waals surface area contributed by atoms with Crippen LogP contribution in [-0.2, 0) is 15.0 Å². The van der Waals surface area contributed by atoms with E-state index in [0.717, 1.165) is 4.31 Å². The van der Waals surface area contributed by atoms with Gasteiger partial charge in [-0.05, 0) is 24.3 Å². The van der Waals surface area contributed by atoms with E-state index in [4.69, 9.17) is 0 Å². The van der Waals surface area contributed by atoms with Crippen LogP contribution in [0.15, 0.2) is 24.3 Å². The average molecular weight is 285 g/mol. The van der Waals surface area contributed by atoms with Crippen LogP contribution in [0.4, 0.5) is 11.4 Å². The van der Waals surface area contributed by atoms with Crippen molar-refractivity contribution in [2.75, 3.05) is 37.4 Å². The summed E-state index contributed by atoms with van der Waals surface area (Å²) in [5.41, 5.74) is 1.25. The molecule has 0 saturated carbocycles. The lowest BCUT2D eigenvalue weighted by Crippen LogP contribution is -2.37. The van der Waals surface area contributed by atoms with Gasteiger partial charge in [0.15, 0.2) is 0 Å². The van der Waals surface area contributed by atoms with Crippen molar-refractivity contribution in [2.24, 2.45) is 0 Å². The molecule has 1 rings (SSSR count). The SMILES string of the molecule is CC(=O)N(C)c1ccc(N(C)S(=O)(=O)N(C)C)cc1. The molecule has 0 atom stereocenters. The topological polar surface area (TPSA) is 60.9 Å². The lowest BCUT2D eigenvalue weighted by molar-refractivity contribution is -0.116. The van der Waals surface area contributed by atoms with Gasteiger partial charge in [0.2, 0.25) is 5.91 Å². The Balaban J connectivity index is 3.03. The number of hydrogen-bond donors (Lipinski definition) is 0. The number of rotatable bonds is 4. The largest absolute Gasteiger partial charge is 0.316 e. The van der Waals surface area contributed by atoms with Gasteiger partial charge in [0.1, 0.15) is 0 Å². The van der Waals surface area contributed by atoms with Gasteiger partial charge in [0, 0.05) is 40.8 Å². The maximum absolute atomic E-state index is 11.9. The summed E-state index contributed by atoms with van der Waals surface area (Å²) in [5.74, 6) is -0.0815. The Hall–Kier alpha value is -1.60. The maximum atomic E-state index is 11.9. The van der Waals surface area contributed by atoms with E-state index in [-0.39, 0.29) is 5.91 Å². The molecule has 0 aromatic heterocycles. The maximum Gasteiger partial charge on any atom is 0.303 e. The summed E-state index contributed by atoms with van der Waals surface area (Å²) in [5, 5.41) is 0. The van der Waals surface area contributed by atoms with Crippen LogP contribution >= 0.6 is 0 Å². The normalized spacial score (nSPS) is 11.5. The molecule has 1 amide bonds. The van der Waals surface area contributed by atoms with Crippen LogP contribution in [0.3, 0.4) is 0 Å². The zero-order valence-corrected chi connectivity index (χ0v) is 12.6. The first kappa shape index (κ1) is 15.5. The van der Waals surface area contributed by atoms with Crippen molar-refractivity contribution >= 4 is 27.5 Å². The second-order valence-electron chi connectivity index (χ2n) is 4.35. The average Bonchev–Trinajstić information content (AvgIpc) is 2.36. The lowest BCUT2D eigenvalue weighted by atomic mass is 10.2. The molecule has 0 bridgehead atoms. The number of anilines is 2. The third kappa shape index (κ3) is 3.24.